The van der Waals surface area contributed by atoms with Crippen LogP contribution in [-0.2, 0) is 23.2 Å². The van der Waals surface area contributed by atoms with Crippen LogP contribution in [0.2, 0.25) is 5.02 Å². The number of nitrogen functional groups attached to an aromatic ring is 1. The van der Waals surface area contributed by atoms with Gasteiger partial charge in [0.1, 0.15) is 0 Å². The van der Waals surface area contributed by atoms with Gasteiger partial charge in [-0.2, -0.15) is 0 Å². The molecule has 1 amide bonds. The first-order chi connectivity index (χ1) is 12.1. The molecular weight excluding hydrogens is 336 g/mol. The number of halogens is 1. The lowest BCUT2D eigenvalue weighted by Gasteiger charge is -2.37. The number of rotatable bonds is 2. The lowest BCUT2D eigenvalue weighted by molar-refractivity contribution is -0.138. The molecule has 6 heteroatoms. The summed E-state index contributed by atoms with van der Waals surface area (Å²) in [6.07, 6.45) is 6.50. The smallest absolute Gasteiger partial charge is 0.233 e. The fourth-order valence-corrected chi connectivity index (χ4v) is 4.29. The van der Waals surface area contributed by atoms with Gasteiger partial charge < -0.3 is 10.6 Å². The summed E-state index contributed by atoms with van der Waals surface area (Å²) >= 11 is 6.04. The third-order valence-corrected chi connectivity index (χ3v) is 5.77. The topological polar surface area (TPSA) is 72.1 Å². The van der Waals surface area contributed by atoms with Crippen molar-refractivity contribution in [2.24, 2.45) is 0 Å². The van der Waals surface area contributed by atoms with Crippen LogP contribution in [-0.4, -0.2) is 27.3 Å². The van der Waals surface area contributed by atoms with Crippen molar-refractivity contribution >= 4 is 23.5 Å². The van der Waals surface area contributed by atoms with Gasteiger partial charge in [0.15, 0.2) is 0 Å². The molecule has 2 N–H and O–H groups in total. The molecule has 0 unspecified atom stereocenters. The number of amides is 1. The lowest BCUT2D eigenvalue weighted by atomic mass is 9.77. The van der Waals surface area contributed by atoms with Gasteiger partial charge in [0.25, 0.3) is 0 Å². The van der Waals surface area contributed by atoms with E-state index in [-0.39, 0.29) is 11.9 Å². The first kappa shape index (κ1) is 16.3. The Labute approximate surface area is 152 Å². The molecule has 2 heterocycles. The predicted molar refractivity (Wildman–Crippen MR) is 97.2 cm³/mol. The number of nitrogens with two attached hydrogens (primary N) is 1. The van der Waals surface area contributed by atoms with Crippen LogP contribution in [0, 0.1) is 0 Å². The SMILES string of the molecule is Nc1ncc2c(n1)CN(C(=O)C1(c3ccc(Cl)cc3)CCCC1)CC2. The summed E-state index contributed by atoms with van der Waals surface area (Å²) in [6, 6.07) is 7.76. The van der Waals surface area contributed by atoms with E-state index < -0.39 is 5.41 Å². The van der Waals surface area contributed by atoms with Gasteiger partial charge in [-0.15, -0.1) is 0 Å². The zero-order valence-corrected chi connectivity index (χ0v) is 14.8. The third kappa shape index (κ3) is 2.86. The summed E-state index contributed by atoms with van der Waals surface area (Å²) in [6.45, 7) is 1.21. The van der Waals surface area contributed by atoms with Crippen LogP contribution in [0.3, 0.4) is 0 Å². The Kier molecular flexibility index (Phi) is 4.12. The molecule has 0 atom stereocenters. The molecule has 0 radical (unpaired) electrons. The number of aromatic nitrogens is 2. The normalized spacial score (nSPS) is 18.8. The molecule has 25 heavy (non-hydrogen) atoms. The van der Waals surface area contributed by atoms with E-state index in [4.69, 9.17) is 17.3 Å². The van der Waals surface area contributed by atoms with Crippen LogP contribution in [0.5, 0.6) is 0 Å². The highest BCUT2D eigenvalue weighted by molar-refractivity contribution is 6.30. The van der Waals surface area contributed by atoms with Crippen LogP contribution in [0.4, 0.5) is 5.95 Å². The molecule has 1 aromatic heterocycles. The number of benzene rings is 1. The number of carbonyl (C=O) groups is 1. The molecule has 5 nitrogen and oxygen atoms in total. The van der Waals surface area contributed by atoms with Crippen LogP contribution in [0.1, 0.15) is 42.5 Å². The zero-order chi connectivity index (χ0) is 17.4. The van der Waals surface area contributed by atoms with Crippen LogP contribution in [0.25, 0.3) is 0 Å². The highest BCUT2D eigenvalue weighted by Crippen LogP contribution is 2.43. The highest BCUT2D eigenvalue weighted by atomic mass is 35.5. The average molecular weight is 357 g/mol. The second-order valence-corrected chi connectivity index (χ2v) is 7.41. The molecule has 1 fully saturated rings. The second kappa shape index (κ2) is 6.30. The molecule has 0 saturated heterocycles. The highest BCUT2D eigenvalue weighted by Gasteiger charge is 2.45. The van der Waals surface area contributed by atoms with Gasteiger partial charge >= 0.3 is 0 Å². The number of fused-ring (bicyclic) bond motifs is 1. The molecule has 1 saturated carbocycles. The van der Waals surface area contributed by atoms with E-state index in [2.05, 4.69) is 9.97 Å². The Morgan fingerprint density at radius 2 is 1.92 bits per heavy atom. The van der Waals surface area contributed by atoms with E-state index in [1.54, 1.807) is 6.20 Å². The molecule has 1 aromatic carbocycles. The summed E-state index contributed by atoms with van der Waals surface area (Å²) < 4.78 is 0. The molecular formula is C19H21ClN4O. The minimum atomic E-state index is -0.430. The van der Waals surface area contributed by atoms with Gasteiger partial charge in [-0.25, -0.2) is 9.97 Å². The molecule has 1 aliphatic carbocycles. The number of nitrogens with zero attached hydrogens (tertiary/aromatic N) is 3. The van der Waals surface area contributed by atoms with E-state index in [1.807, 2.05) is 29.2 Å². The Balaban J connectivity index is 1.65. The second-order valence-electron chi connectivity index (χ2n) is 6.97. The Morgan fingerprint density at radius 1 is 1.20 bits per heavy atom. The molecule has 2 aromatic rings. The molecule has 4 rings (SSSR count). The average Bonchev–Trinajstić information content (AvgIpc) is 3.12. The van der Waals surface area contributed by atoms with E-state index in [9.17, 15) is 4.79 Å². The Morgan fingerprint density at radius 3 is 2.64 bits per heavy atom. The molecule has 0 spiro atoms. The van der Waals surface area contributed by atoms with Crippen molar-refractivity contribution in [2.75, 3.05) is 12.3 Å². The Hall–Kier alpha value is -2.14. The van der Waals surface area contributed by atoms with Crippen molar-refractivity contribution in [3.63, 3.8) is 0 Å². The number of hydrogen-bond acceptors (Lipinski definition) is 4. The first-order valence-corrected chi connectivity index (χ1v) is 9.12. The minimum absolute atomic E-state index is 0.204. The molecule has 130 valence electrons. The molecule has 1 aliphatic heterocycles. The first-order valence-electron chi connectivity index (χ1n) is 8.74. The molecule has 2 aliphatic rings. The van der Waals surface area contributed by atoms with Gasteiger partial charge in [-0.05, 0) is 42.5 Å². The van der Waals surface area contributed by atoms with Crippen LogP contribution >= 0.6 is 11.6 Å². The molecule has 0 bridgehead atoms. The van der Waals surface area contributed by atoms with Crippen LogP contribution < -0.4 is 5.73 Å². The van der Waals surface area contributed by atoms with E-state index >= 15 is 0 Å². The lowest BCUT2D eigenvalue weighted by Crippen LogP contribution is -2.47. The van der Waals surface area contributed by atoms with Gasteiger partial charge in [0.05, 0.1) is 17.7 Å². The number of hydrogen-bond donors (Lipinski definition) is 1. The quantitative estimate of drug-likeness (QED) is 0.897. The van der Waals surface area contributed by atoms with Crippen molar-refractivity contribution in [1.82, 2.24) is 14.9 Å². The third-order valence-electron chi connectivity index (χ3n) is 5.52. The van der Waals surface area contributed by atoms with E-state index in [0.29, 0.717) is 18.1 Å². The van der Waals surface area contributed by atoms with Gasteiger partial charge in [-0.1, -0.05) is 36.6 Å². The van der Waals surface area contributed by atoms with Crippen LogP contribution in [0.15, 0.2) is 30.5 Å². The minimum Gasteiger partial charge on any atom is -0.368 e. The largest absolute Gasteiger partial charge is 0.368 e. The summed E-state index contributed by atoms with van der Waals surface area (Å²) in [5.41, 5.74) is 8.32. The maximum atomic E-state index is 13.5. The fourth-order valence-electron chi connectivity index (χ4n) is 4.17. The predicted octanol–water partition coefficient (Wildman–Crippen LogP) is 3.11. The van der Waals surface area contributed by atoms with Crippen molar-refractivity contribution in [1.29, 1.82) is 0 Å². The van der Waals surface area contributed by atoms with Crippen molar-refractivity contribution in [3.05, 3.63) is 52.3 Å². The fraction of sp³-hybridized carbons (Fsp3) is 0.421. The summed E-state index contributed by atoms with van der Waals surface area (Å²) in [4.78, 5) is 23.9. The van der Waals surface area contributed by atoms with E-state index in [1.165, 1.54) is 0 Å². The number of anilines is 1. The summed E-state index contributed by atoms with van der Waals surface area (Å²) in [5, 5.41) is 0.698. The van der Waals surface area contributed by atoms with Gasteiger partial charge in [-0.3, -0.25) is 4.79 Å². The zero-order valence-electron chi connectivity index (χ0n) is 14.0. The monoisotopic (exact) mass is 356 g/mol. The van der Waals surface area contributed by atoms with Gasteiger partial charge in [0, 0.05) is 17.8 Å². The summed E-state index contributed by atoms with van der Waals surface area (Å²) in [7, 11) is 0. The maximum Gasteiger partial charge on any atom is 0.233 e. The van der Waals surface area contributed by atoms with Crippen molar-refractivity contribution in [2.45, 2.75) is 44.1 Å². The number of carbonyl (C=O) groups excluding carboxylic acids is 1. The van der Waals surface area contributed by atoms with E-state index in [0.717, 1.165) is 48.9 Å². The standard InChI is InChI=1S/C19H21ClN4O/c20-15-5-3-14(4-6-15)19(8-1-2-9-19)17(25)24-10-7-13-11-22-18(21)23-16(13)12-24/h3-6,11H,1-2,7-10,12H2,(H2,21,22,23). The maximum absolute atomic E-state index is 13.5. The van der Waals surface area contributed by atoms with Crippen molar-refractivity contribution in [3.8, 4) is 0 Å². The summed E-state index contributed by atoms with van der Waals surface area (Å²) in [5.74, 6) is 0.469. The van der Waals surface area contributed by atoms with Crippen molar-refractivity contribution < 1.29 is 4.79 Å². The Bertz CT molecular complexity index is 800. The van der Waals surface area contributed by atoms with Gasteiger partial charge in [0.2, 0.25) is 11.9 Å².